The van der Waals surface area contributed by atoms with Crippen LogP contribution in [0.25, 0.3) is 11.3 Å². The van der Waals surface area contributed by atoms with E-state index in [1.54, 1.807) is 0 Å². The van der Waals surface area contributed by atoms with Gasteiger partial charge in [-0.15, -0.1) is 0 Å². The van der Waals surface area contributed by atoms with Gasteiger partial charge in [0.1, 0.15) is 13.2 Å². The monoisotopic (exact) mass is 534 g/mol. The molecule has 0 amide bonds. The van der Waals surface area contributed by atoms with Crippen molar-refractivity contribution >= 4 is 57.7 Å². The van der Waals surface area contributed by atoms with E-state index in [4.69, 9.17) is 55.9 Å². The Labute approximate surface area is 215 Å². The molecule has 0 aliphatic rings. The van der Waals surface area contributed by atoms with E-state index in [-0.39, 0.29) is 33.3 Å². The smallest absolute Gasteiger partial charge is 0.179 e. The van der Waals surface area contributed by atoms with Gasteiger partial charge in [-0.1, -0.05) is 46.4 Å². The number of aromatic nitrogens is 4. The molecule has 4 aromatic heterocycles. The molecule has 0 aliphatic heterocycles. The van der Waals surface area contributed by atoms with Crippen LogP contribution in [0.15, 0.2) is 49.1 Å². The first kappa shape index (κ1) is 23.1. The molecule has 0 radical (unpaired) electrons. The topological polar surface area (TPSA) is 53.1 Å². The minimum Gasteiger partial charge on any atom is -0.485 e. The zero-order chi connectivity index (χ0) is 24.0. The summed E-state index contributed by atoms with van der Waals surface area (Å²) in [5.74, 6) is 1.18. The summed E-state index contributed by atoms with van der Waals surface area (Å²) >= 11 is 26.4. The molecule has 0 fully saturated rings. The molecule has 0 saturated carbocycles. The number of aryl methyl sites for hydroxylation is 2. The van der Waals surface area contributed by atoms with Gasteiger partial charge in [-0.3, -0.25) is 0 Å². The van der Waals surface area contributed by atoms with Crippen LogP contribution in [0.2, 0.25) is 20.1 Å². The van der Waals surface area contributed by atoms with Crippen molar-refractivity contribution in [3.63, 3.8) is 0 Å². The molecule has 1 aromatic carbocycles. The fraction of sp³-hybridized carbons (Fsp3) is 0.167. The summed E-state index contributed by atoms with van der Waals surface area (Å²) in [6, 6.07) is 7.39. The molecule has 5 rings (SSSR count). The SMILES string of the molecule is Cc1cn2cccc(OCc3c(Cl)c(Cl)c(COc4cccn5cc(C)nc45)c(Cl)c3Cl)c2n1. The Balaban J connectivity index is 1.41. The van der Waals surface area contributed by atoms with Gasteiger partial charge in [0.25, 0.3) is 0 Å². The highest BCUT2D eigenvalue weighted by Gasteiger charge is 2.22. The van der Waals surface area contributed by atoms with Crippen LogP contribution in [-0.4, -0.2) is 18.8 Å². The number of rotatable bonds is 6. The minimum absolute atomic E-state index is 0.0660. The fourth-order valence-corrected chi connectivity index (χ4v) is 4.87. The van der Waals surface area contributed by atoms with E-state index in [1.165, 1.54) is 0 Å². The van der Waals surface area contributed by atoms with Crippen molar-refractivity contribution in [1.82, 2.24) is 18.8 Å². The Morgan fingerprint density at radius 3 is 1.44 bits per heavy atom. The Bertz CT molecular complexity index is 1400. The highest BCUT2D eigenvalue weighted by Crippen LogP contribution is 2.42. The van der Waals surface area contributed by atoms with E-state index < -0.39 is 0 Å². The van der Waals surface area contributed by atoms with Crippen molar-refractivity contribution in [2.24, 2.45) is 0 Å². The van der Waals surface area contributed by atoms with Gasteiger partial charge in [-0.2, -0.15) is 0 Å². The van der Waals surface area contributed by atoms with E-state index in [0.29, 0.717) is 33.9 Å². The van der Waals surface area contributed by atoms with Crippen molar-refractivity contribution in [2.45, 2.75) is 27.1 Å². The lowest BCUT2D eigenvalue weighted by Gasteiger charge is -2.17. The fourth-order valence-electron chi connectivity index (χ4n) is 3.72. The van der Waals surface area contributed by atoms with Crippen molar-refractivity contribution < 1.29 is 9.47 Å². The summed E-state index contributed by atoms with van der Waals surface area (Å²) in [5, 5.41) is 1.04. The maximum absolute atomic E-state index is 6.60. The Morgan fingerprint density at radius 2 is 1.06 bits per heavy atom. The summed E-state index contributed by atoms with van der Waals surface area (Å²) in [6.07, 6.45) is 7.62. The van der Waals surface area contributed by atoms with Gasteiger partial charge in [0, 0.05) is 35.9 Å². The number of nitrogens with zero attached hydrogens (tertiary/aromatic N) is 4. The lowest BCUT2D eigenvalue weighted by molar-refractivity contribution is 0.305. The van der Waals surface area contributed by atoms with Crippen molar-refractivity contribution in [3.8, 4) is 11.5 Å². The lowest BCUT2D eigenvalue weighted by Crippen LogP contribution is -2.05. The van der Waals surface area contributed by atoms with Gasteiger partial charge in [0.05, 0.1) is 31.5 Å². The number of imidazole rings is 2. The molecule has 6 nitrogen and oxygen atoms in total. The largest absolute Gasteiger partial charge is 0.485 e. The third-order valence-electron chi connectivity index (χ3n) is 5.32. The number of benzene rings is 1. The van der Waals surface area contributed by atoms with Crippen molar-refractivity contribution in [2.75, 3.05) is 0 Å². The van der Waals surface area contributed by atoms with E-state index in [1.807, 2.05) is 71.7 Å². The average molecular weight is 536 g/mol. The molecule has 0 saturated heterocycles. The summed E-state index contributed by atoms with van der Waals surface area (Å²) in [7, 11) is 0. The molecule has 0 atom stereocenters. The van der Waals surface area contributed by atoms with Crippen LogP contribution >= 0.6 is 46.4 Å². The molecule has 5 aromatic rings. The summed E-state index contributed by atoms with van der Waals surface area (Å²) in [5.41, 5.74) is 4.11. The highest BCUT2D eigenvalue weighted by atomic mass is 35.5. The van der Waals surface area contributed by atoms with Gasteiger partial charge in [-0.25, -0.2) is 9.97 Å². The number of hydrogen-bond acceptors (Lipinski definition) is 4. The summed E-state index contributed by atoms with van der Waals surface area (Å²) < 4.78 is 15.8. The molecular formula is C24H18Cl4N4O2. The number of pyridine rings is 2. The quantitative estimate of drug-likeness (QED) is 0.213. The zero-order valence-corrected chi connectivity index (χ0v) is 21.2. The van der Waals surface area contributed by atoms with E-state index in [0.717, 1.165) is 11.4 Å². The molecule has 10 heteroatoms. The first-order chi connectivity index (χ1) is 16.3. The Kier molecular flexibility index (Phi) is 6.25. The second-order valence-electron chi connectivity index (χ2n) is 7.76. The molecule has 174 valence electrons. The van der Waals surface area contributed by atoms with Crippen LogP contribution in [0.4, 0.5) is 0 Å². The van der Waals surface area contributed by atoms with Crippen LogP contribution in [0, 0.1) is 13.8 Å². The minimum atomic E-state index is 0.0660. The van der Waals surface area contributed by atoms with Crippen molar-refractivity contribution in [3.05, 3.63) is 91.7 Å². The summed E-state index contributed by atoms with van der Waals surface area (Å²) in [6.45, 7) is 3.96. The zero-order valence-electron chi connectivity index (χ0n) is 18.2. The predicted molar refractivity (Wildman–Crippen MR) is 135 cm³/mol. The second-order valence-corrected chi connectivity index (χ2v) is 9.27. The van der Waals surface area contributed by atoms with Crippen LogP contribution in [0.3, 0.4) is 0 Å². The highest BCUT2D eigenvalue weighted by molar-refractivity contribution is 6.48. The predicted octanol–water partition coefficient (Wildman–Crippen LogP) is 7.37. The van der Waals surface area contributed by atoms with E-state index in [2.05, 4.69) is 9.97 Å². The molecule has 0 aliphatic carbocycles. The number of halogens is 4. The average Bonchev–Trinajstić information content (AvgIpc) is 3.39. The molecule has 0 spiro atoms. The lowest BCUT2D eigenvalue weighted by atomic mass is 10.1. The maximum atomic E-state index is 6.60. The molecule has 4 heterocycles. The molecule has 0 bridgehead atoms. The molecule has 34 heavy (non-hydrogen) atoms. The second kappa shape index (κ2) is 9.19. The van der Waals surface area contributed by atoms with Gasteiger partial charge >= 0.3 is 0 Å². The van der Waals surface area contributed by atoms with Crippen molar-refractivity contribution in [1.29, 1.82) is 0 Å². The van der Waals surface area contributed by atoms with Crippen LogP contribution < -0.4 is 9.47 Å². The number of ether oxygens (including phenoxy) is 2. The standard InChI is InChI=1S/C24H18Cl4N4O2/c1-13-9-31-7-3-5-17(23(31)29-13)33-11-15-19(25)21(27)16(22(28)20(15)26)12-34-18-6-4-8-32-10-14(2)30-24(18)32/h3-10H,11-12H2,1-2H3. The van der Waals surface area contributed by atoms with Crippen LogP contribution in [0.1, 0.15) is 22.5 Å². The normalized spacial score (nSPS) is 11.5. The first-order valence-electron chi connectivity index (χ1n) is 10.3. The van der Waals surface area contributed by atoms with E-state index in [9.17, 15) is 0 Å². The van der Waals surface area contributed by atoms with Gasteiger partial charge in [-0.05, 0) is 38.1 Å². The number of hydrogen-bond donors (Lipinski definition) is 0. The Morgan fingerprint density at radius 1 is 0.676 bits per heavy atom. The molecule has 0 unspecified atom stereocenters. The van der Waals surface area contributed by atoms with Gasteiger partial charge in [0.15, 0.2) is 22.8 Å². The molecular weight excluding hydrogens is 518 g/mol. The van der Waals surface area contributed by atoms with Gasteiger partial charge in [0.2, 0.25) is 0 Å². The van der Waals surface area contributed by atoms with E-state index >= 15 is 0 Å². The van der Waals surface area contributed by atoms with Crippen LogP contribution in [-0.2, 0) is 13.2 Å². The van der Waals surface area contributed by atoms with Crippen LogP contribution in [0.5, 0.6) is 11.5 Å². The third-order valence-corrected chi connectivity index (χ3v) is 7.19. The molecule has 0 N–H and O–H groups in total. The first-order valence-corrected chi connectivity index (χ1v) is 11.8. The Hall–Kier alpha value is -2.64. The van der Waals surface area contributed by atoms with Gasteiger partial charge < -0.3 is 18.3 Å². The maximum Gasteiger partial charge on any atom is 0.179 e. The number of fused-ring (bicyclic) bond motifs is 2. The third kappa shape index (κ3) is 4.16. The summed E-state index contributed by atoms with van der Waals surface area (Å²) in [4.78, 5) is 8.98.